The SMILES string of the molecule is C/C=C(/C)BBC(C)=C(C)C. The van der Waals surface area contributed by atoms with Crippen molar-refractivity contribution in [3.05, 3.63) is 22.6 Å². The molecule has 0 amide bonds. The monoisotopic (exact) mass is 148 g/mol. The van der Waals surface area contributed by atoms with Crippen molar-refractivity contribution in [3.63, 3.8) is 0 Å². The Bertz CT molecular complexity index is 174. The van der Waals surface area contributed by atoms with E-state index in [1.54, 1.807) is 0 Å². The molecule has 2 heteroatoms. The lowest BCUT2D eigenvalue weighted by Gasteiger charge is -2.00. The first-order valence-corrected chi connectivity index (χ1v) is 4.32. The highest BCUT2D eigenvalue weighted by Gasteiger charge is 1.97. The van der Waals surface area contributed by atoms with Crippen molar-refractivity contribution in [2.24, 2.45) is 0 Å². The van der Waals surface area contributed by atoms with E-state index in [1.807, 2.05) is 0 Å². The van der Waals surface area contributed by atoms with Gasteiger partial charge in [0.1, 0.15) is 14.3 Å². The Balaban J connectivity index is 3.82. The van der Waals surface area contributed by atoms with E-state index in [9.17, 15) is 0 Å². The third kappa shape index (κ3) is 4.94. The van der Waals surface area contributed by atoms with Gasteiger partial charge >= 0.3 is 0 Å². The molecule has 0 bridgehead atoms. The Morgan fingerprint density at radius 3 is 1.91 bits per heavy atom. The zero-order chi connectivity index (χ0) is 8.85. The summed E-state index contributed by atoms with van der Waals surface area (Å²) < 4.78 is 0. The summed E-state index contributed by atoms with van der Waals surface area (Å²) in [7, 11) is 2.44. The minimum absolute atomic E-state index is 1.22. The molecule has 60 valence electrons. The predicted molar refractivity (Wildman–Crippen MR) is 57.8 cm³/mol. The van der Waals surface area contributed by atoms with Crippen LogP contribution in [0.4, 0.5) is 0 Å². The molecule has 0 N–H and O–H groups in total. The van der Waals surface area contributed by atoms with Crippen LogP contribution in [0.3, 0.4) is 0 Å². The Labute approximate surface area is 72.2 Å². The van der Waals surface area contributed by atoms with Crippen LogP contribution in [0.2, 0.25) is 0 Å². The number of rotatable bonds is 3. The summed E-state index contributed by atoms with van der Waals surface area (Å²) in [5.41, 5.74) is 4.49. The third-order valence-corrected chi connectivity index (χ3v) is 2.24. The first-order chi connectivity index (χ1) is 5.07. The van der Waals surface area contributed by atoms with Gasteiger partial charge in [0.2, 0.25) is 0 Å². The standard InChI is InChI=1S/C9H18B2/c1-6-8(4)10-11-9(5)7(2)3/h6,10-11H,1-5H3/b8-6-. The minimum atomic E-state index is 1.22. The summed E-state index contributed by atoms with van der Waals surface area (Å²) in [6.45, 7) is 10.9. The van der Waals surface area contributed by atoms with Gasteiger partial charge in [-0.15, -0.1) is 10.9 Å². The molecule has 0 aliphatic heterocycles. The normalized spacial score (nSPS) is 10.8. The average molecular weight is 148 g/mol. The zero-order valence-electron chi connectivity index (χ0n) is 8.49. The van der Waals surface area contributed by atoms with E-state index >= 15 is 0 Å². The largest absolute Gasteiger partial charge is 0.123 e. The lowest BCUT2D eigenvalue weighted by atomic mass is 9.33. The summed E-state index contributed by atoms with van der Waals surface area (Å²) in [6, 6.07) is 0. The molecule has 0 heterocycles. The van der Waals surface area contributed by atoms with Crippen molar-refractivity contribution >= 4 is 14.3 Å². The van der Waals surface area contributed by atoms with Gasteiger partial charge in [0.05, 0.1) is 0 Å². The van der Waals surface area contributed by atoms with Crippen molar-refractivity contribution in [1.29, 1.82) is 0 Å². The van der Waals surface area contributed by atoms with Crippen LogP contribution in [0, 0.1) is 0 Å². The second-order valence-corrected chi connectivity index (χ2v) is 3.42. The number of hydrogen-bond acceptors (Lipinski definition) is 0. The van der Waals surface area contributed by atoms with Gasteiger partial charge in [-0.1, -0.05) is 25.5 Å². The molecule has 0 atom stereocenters. The molecule has 11 heavy (non-hydrogen) atoms. The molecule has 0 aromatic rings. The quantitative estimate of drug-likeness (QED) is 0.537. The summed E-state index contributed by atoms with van der Waals surface area (Å²) in [5, 5.41) is 0. The Morgan fingerprint density at radius 2 is 1.55 bits per heavy atom. The molecule has 0 radical (unpaired) electrons. The maximum Gasteiger partial charge on any atom is 0.123 e. The lowest BCUT2D eigenvalue weighted by Crippen LogP contribution is -2.07. The van der Waals surface area contributed by atoms with Crippen LogP contribution in [-0.2, 0) is 0 Å². The van der Waals surface area contributed by atoms with E-state index < -0.39 is 0 Å². The maximum absolute atomic E-state index is 2.22. The van der Waals surface area contributed by atoms with Crippen LogP contribution in [0.1, 0.15) is 34.6 Å². The zero-order valence-corrected chi connectivity index (χ0v) is 8.49. The van der Waals surface area contributed by atoms with Crippen LogP contribution < -0.4 is 0 Å². The number of hydrogen-bond donors (Lipinski definition) is 0. The Morgan fingerprint density at radius 1 is 1.00 bits per heavy atom. The molecule has 0 saturated heterocycles. The first-order valence-electron chi connectivity index (χ1n) is 4.32. The molecule has 0 rings (SSSR count). The van der Waals surface area contributed by atoms with E-state index in [1.165, 1.54) is 30.9 Å². The van der Waals surface area contributed by atoms with Crippen molar-refractivity contribution in [1.82, 2.24) is 0 Å². The van der Waals surface area contributed by atoms with E-state index in [4.69, 9.17) is 0 Å². The summed E-state index contributed by atoms with van der Waals surface area (Å²) in [6.07, 6.45) is 2.19. The van der Waals surface area contributed by atoms with Gasteiger partial charge in [0, 0.05) is 0 Å². The fraction of sp³-hybridized carbons (Fsp3) is 0.556. The second-order valence-electron chi connectivity index (χ2n) is 3.42. The fourth-order valence-electron chi connectivity index (χ4n) is 0.779. The number of allylic oxidation sites excluding steroid dienone is 4. The molecule has 0 saturated carbocycles. The predicted octanol–water partition coefficient (Wildman–Crippen LogP) is 2.01. The van der Waals surface area contributed by atoms with Crippen molar-refractivity contribution < 1.29 is 0 Å². The van der Waals surface area contributed by atoms with Gasteiger partial charge in [-0.2, -0.15) is 0 Å². The molecular formula is C9H18B2. The first kappa shape index (κ1) is 10.6. The van der Waals surface area contributed by atoms with Crippen LogP contribution in [0.5, 0.6) is 0 Å². The molecule has 0 spiro atoms. The van der Waals surface area contributed by atoms with Gasteiger partial charge in [-0.25, -0.2) is 0 Å². The summed E-state index contributed by atoms with van der Waals surface area (Å²) in [5.74, 6) is 0. The van der Waals surface area contributed by atoms with Gasteiger partial charge in [0.15, 0.2) is 0 Å². The van der Waals surface area contributed by atoms with Crippen LogP contribution in [0.25, 0.3) is 0 Å². The van der Waals surface area contributed by atoms with E-state index in [0.29, 0.717) is 0 Å². The Hall–Kier alpha value is -0.390. The highest BCUT2D eigenvalue weighted by molar-refractivity contribution is 7.07. The molecule has 0 fully saturated rings. The second kappa shape index (κ2) is 5.29. The Kier molecular flexibility index (Phi) is 5.10. The third-order valence-electron chi connectivity index (χ3n) is 2.24. The molecule has 0 aliphatic carbocycles. The minimum Gasteiger partial charge on any atom is -0.121 e. The van der Waals surface area contributed by atoms with Crippen LogP contribution in [-0.4, -0.2) is 14.3 Å². The molecule has 0 nitrogen and oxygen atoms in total. The topological polar surface area (TPSA) is 0 Å². The van der Waals surface area contributed by atoms with Gasteiger partial charge in [0.25, 0.3) is 0 Å². The van der Waals surface area contributed by atoms with Crippen molar-refractivity contribution in [3.8, 4) is 0 Å². The smallest absolute Gasteiger partial charge is 0.121 e. The molecule has 0 aliphatic rings. The summed E-state index contributed by atoms with van der Waals surface area (Å²) in [4.78, 5) is 0. The fourth-order valence-corrected chi connectivity index (χ4v) is 0.779. The molecule has 0 unspecified atom stereocenters. The molecular weight excluding hydrogens is 130 g/mol. The van der Waals surface area contributed by atoms with Crippen LogP contribution in [0.15, 0.2) is 22.6 Å². The lowest BCUT2D eigenvalue weighted by molar-refractivity contribution is 1.34. The highest BCUT2D eigenvalue weighted by atomic mass is 13.8. The highest BCUT2D eigenvalue weighted by Crippen LogP contribution is 2.00. The van der Waals surface area contributed by atoms with E-state index in [2.05, 4.69) is 40.7 Å². The van der Waals surface area contributed by atoms with E-state index in [0.717, 1.165) is 0 Å². The van der Waals surface area contributed by atoms with Gasteiger partial charge < -0.3 is 0 Å². The summed E-state index contributed by atoms with van der Waals surface area (Å²) >= 11 is 0. The average Bonchev–Trinajstić information content (AvgIpc) is 1.99. The van der Waals surface area contributed by atoms with Crippen molar-refractivity contribution in [2.45, 2.75) is 34.6 Å². The van der Waals surface area contributed by atoms with Gasteiger partial charge in [-0.05, 0) is 20.8 Å². The molecule has 0 aromatic heterocycles. The van der Waals surface area contributed by atoms with Gasteiger partial charge in [-0.3, -0.25) is 0 Å². The van der Waals surface area contributed by atoms with Crippen molar-refractivity contribution in [2.75, 3.05) is 0 Å². The van der Waals surface area contributed by atoms with Crippen LogP contribution >= 0.6 is 0 Å². The maximum atomic E-state index is 2.22. The van der Waals surface area contributed by atoms with E-state index in [-0.39, 0.29) is 0 Å². The molecule has 0 aromatic carbocycles.